The van der Waals surface area contributed by atoms with Gasteiger partial charge in [0.2, 0.25) is 0 Å². The van der Waals surface area contributed by atoms with Crippen LogP contribution < -0.4 is 5.73 Å². The number of esters is 1. The molecule has 138 valence electrons. The molecular weight excluding hydrogens is 324 g/mol. The van der Waals surface area contributed by atoms with E-state index in [0.717, 1.165) is 44.5 Å². The number of carbonyl (C=O) groups is 1. The molecule has 4 heteroatoms. The minimum absolute atomic E-state index is 0.0257. The summed E-state index contributed by atoms with van der Waals surface area (Å²) in [5.74, 6) is -0.0350. The highest BCUT2D eigenvalue weighted by Gasteiger charge is 2.26. The Bertz CT molecular complexity index is 667. The summed E-state index contributed by atoms with van der Waals surface area (Å²) in [5, 5.41) is 0. The van der Waals surface area contributed by atoms with Crippen molar-refractivity contribution in [3.63, 3.8) is 0 Å². The summed E-state index contributed by atoms with van der Waals surface area (Å²) < 4.78 is 5.48. The molecule has 0 spiro atoms. The lowest BCUT2D eigenvalue weighted by atomic mass is 9.96. The van der Waals surface area contributed by atoms with Gasteiger partial charge in [-0.15, -0.1) is 0 Å². The third-order valence-corrected chi connectivity index (χ3v) is 5.13. The SMILES string of the molecule is N[C@@H](CCN1CCC(C(=O)OCc2ccccc2)CC1)c1ccccc1. The van der Waals surface area contributed by atoms with Gasteiger partial charge in [-0.3, -0.25) is 4.79 Å². The summed E-state index contributed by atoms with van der Waals surface area (Å²) in [7, 11) is 0. The number of nitrogens with two attached hydrogens (primary N) is 1. The summed E-state index contributed by atoms with van der Waals surface area (Å²) in [5.41, 5.74) is 8.50. The molecule has 2 aromatic carbocycles. The van der Waals surface area contributed by atoms with Gasteiger partial charge in [0.05, 0.1) is 5.92 Å². The van der Waals surface area contributed by atoms with Gasteiger partial charge >= 0.3 is 5.97 Å². The monoisotopic (exact) mass is 352 g/mol. The van der Waals surface area contributed by atoms with Gasteiger partial charge < -0.3 is 15.4 Å². The van der Waals surface area contributed by atoms with E-state index in [0.29, 0.717) is 6.61 Å². The van der Waals surface area contributed by atoms with E-state index < -0.39 is 0 Å². The molecule has 0 unspecified atom stereocenters. The van der Waals surface area contributed by atoms with Crippen LogP contribution in [0, 0.1) is 5.92 Å². The molecule has 0 amide bonds. The standard InChI is InChI=1S/C22H28N2O2/c23-21(19-9-5-2-6-10-19)13-16-24-14-11-20(12-15-24)22(25)26-17-18-7-3-1-4-8-18/h1-10,20-21H,11-17,23H2/t21-/m0/s1. The second-order valence-electron chi connectivity index (χ2n) is 7.02. The molecule has 1 aliphatic rings. The van der Waals surface area contributed by atoms with E-state index in [1.165, 1.54) is 5.56 Å². The van der Waals surface area contributed by atoms with Crippen molar-refractivity contribution in [3.05, 3.63) is 71.8 Å². The fourth-order valence-corrected chi connectivity index (χ4v) is 3.43. The quantitative estimate of drug-likeness (QED) is 0.775. The van der Waals surface area contributed by atoms with Crippen molar-refractivity contribution >= 4 is 5.97 Å². The topological polar surface area (TPSA) is 55.6 Å². The fraction of sp³-hybridized carbons (Fsp3) is 0.409. The van der Waals surface area contributed by atoms with Crippen LogP contribution in [0.4, 0.5) is 0 Å². The van der Waals surface area contributed by atoms with Crippen LogP contribution >= 0.6 is 0 Å². The number of carbonyl (C=O) groups excluding carboxylic acids is 1. The number of piperidine rings is 1. The normalized spacial score (nSPS) is 17.0. The van der Waals surface area contributed by atoms with E-state index >= 15 is 0 Å². The van der Waals surface area contributed by atoms with Crippen molar-refractivity contribution in [3.8, 4) is 0 Å². The first-order valence-corrected chi connectivity index (χ1v) is 9.46. The molecule has 1 saturated heterocycles. The van der Waals surface area contributed by atoms with Gasteiger partial charge in [-0.25, -0.2) is 0 Å². The van der Waals surface area contributed by atoms with Crippen LogP contribution in [-0.2, 0) is 16.1 Å². The lowest BCUT2D eigenvalue weighted by molar-refractivity contribution is -0.151. The second kappa shape index (κ2) is 9.51. The minimum atomic E-state index is -0.0607. The maximum Gasteiger partial charge on any atom is 0.309 e. The van der Waals surface area contributed by atoms with Crippen LogP contribution in [0.15, 0.2) is 60.7 Å². The molecule has 0 aliphatic carbocycles. The molecule has 4 nitrogen and oxygen atoms in total. The third-order valence-electron chi connectivity index (χ3n) is 5.13. The number of hydrogen-bond donors (Lipinski definition) is 1. The Morgan fingerprint density at radius 3 is 2.31 bits per heavy atom. The van der Waals surface area contributed by atoms with Crippen molar-refractivity contribution in [2.75, 3.05) is 19.6 Å². The van der Waals surface area contributed by atoms with E-state index in [2.05, 4.69) is 17.0 Å². The summed E-state index contributed by atoms with van der Waals surface area (Å²) in [6.07, 6.45) is 2.68. The molecule has 1 heterocycles. The number of hydrogen-bond acceptors (Lipinski definition) is 4. The molecular formula is C22H28N2O2. The van der Waals surface area contributed by atoms with Crippen LogP contribution in [0.3, 0.4) is 0 Å². The zero-order valence-corrected chi connectivity index (χ0v) is 15.2. The predicted octanol–water partition coefficient (Wildman–Crippen LogP) is 3.53. The van der Waals surface area contributed by atoms with E-state index in [1.807, 2.05) is 48.5 Å². The lowest BCUT2D eigenvalue weighted by Gasteiger charge is -2.31. The highest BCUT2D eigenvalue weighted by Crippen LogP contribution is 2.21. The van der Waals surface area contributed by atoms with E-state index in [-0.39, 0.29) is 17.9 Å². The molecule has 2 N–H and O–H groups in total. The van der Waals surface area contributed by atoms with Crippen LogP contribution in [0.5, 0.6) is 0 Å². The summed E-state index contributed by atoms with van der Waals surface area (Å²) >= 11 is 0. The van der Waals surface area contributed by atoms with Crippen LogP contribution in [0.1, 0.15) is 36.4 Å². The second-order valence-corrected chi connectivity index (χ2v) is 7.02. The highest BCUT2D eigenvalue weighted by molar-refractivity contribution is 5.72. The molecule has 2 aromatic rings. The first-order valence-electron chi connectivity index (χ1n) is 9.46. The highest BCUT2D eigenvalue weighted by atomic mass is 16.5. The van der Waals surface area contributed by atoms with E-state index in [9.17, 15) is 4.79 Å². The van der Waals surface area contributed by atoms with Crippen LogP contribution in [0.25, 0.3) is 0 Å². The molecule has 1 aliphatic heterocycles. The minimum Gasteiger partial charge on any atom is -0.461 e. The van der Waals surface area contributed by atoms with E-state index in [1.54, 1.807) is 0 Å². The number of ether oxygens (including phenoxy) is 1. The maximum atomic E-state index is 12.3. The molecule has 1 atom stereocenters. The first-order chi connectivity index (χ1) is 12.7. The molecule has 0 saturated carbocycles. The van der Waals surface area contributed by atoms with Gasteiger partial charge in [-0.05, 0) is 50.0 Å². The Balaban J connectivity index is 1.36. The van der Waals surface area contributed by atoms with Crippen molar-refractivity contribution in [2.24, 2.45) is 11.7 Å². The van der Waals surface area contributed by atoms with Crippen LogP contribution in [-0.4, -0.2) is 30.5 Å². The largest absolute Gasteiger partial charge is 0.461 e. The zero-order valence-electron chi connectivity index (χ0n) is 15.2. The van der Waals surface area contributed by atoms with Gasteiger partial charge in [0.15, 0.2) is 0 Å². The van der Waals surface area contributed by atoms with Gasteiger partial charge in [-0.2, -0.15) is 0 Å². The van der Waals surface area contributed by atoms with Gasteiger partial charge in [0.1, 0.15) is 6.61 Å². The van der Waals surface area contributed by atoms with Crippen molar-refractivity contribution < 1.29 is 9.53 Å². The van der Waals surface area contributed by atoms with E-state index in [4.69, 9.17) is 10.5 Å². The molecule has 1 fully saturated rings. The third kappa shape index (κ3) is 5.41. The Kier molecular flexibility index (Phi) is 6.81. The number of likely N-dealkylation sites (tertiary alicyclic amines) is 1. The number of benzene rings is 2. The Labute approximate surface area is 156 Å². The average molecular weight is 352 g/mol. The summed E-state index contributed by atoms with van der Waals surface area (Å²) in [4.78, 5) is 14.7. The average Bonchev–Trinajstić information content (AvgIpc) is 2.72. The summed E-state index contributed by atoms with van der Waals surface area (Å²) in [6, 6.07) is 20.1. The van der Waals surface area contributed by atoms with Gasteiger partial charge in [-0.1, -0.05) is 60.7 Å². The van der Waals surface area contributed by atoms with Gasteiger partial charge in [0.25, 0.3) is 0 Å². The Morgan fingerprint density at radius 2 is 1.65 bits per heavy atom. The van der Waals surface area contributed by atoms with Crippen molar-refractivity contribution in [1.82, 2.24) is 4.90 Å². The number of nitrogens with zero attached hydrogens (tertiary/aromatic N) is 1. The van der Waals surface area contributed by atoms with Gasteiger partial charge in [0, 0.05) is 6.04 Å². The van der Waals surface area contributed by atoms with Crippen LogP contribution in [0.2, 0.25) is 0 Å². The Hall–Kier alpha value is -2.17. The smallest absolute Gasteiger partial charge is 0.309 e. The number of rotatable bonds is 7. The molecule has 0 bridgehead atoms. The molecule has 0 radical (unpaired) electrons. The zero-order chi connectivity index (χ0) is 18.2. The molecule has 26 heavy (non-hydrogen) atoms. The Morgan fingerprint density at radius 1 is 1.04 bits per heavy atom. The molecule has 3 rings (SSSR count). The lowest BCUT2D eigenvalue weighted by Crippen LogP contribution is -2.38. The predicted molar refractivity (Wildman–Crippen MR) is 103 cm³/mol. The fourth-order valence-electron chi connectivity index (χ4n) is 3.43. The molecule has 0 aromatic heterocycles. The van der Waals surface area contributed by atoms with Crippen molar-refractivity contribution in [2.45, 2.75) is 31.9 Å². The summed E-state index contributed by atoms with van der Waals surface area (Å²) in [6.45, 7) is 3.22. The maximum absolute atomic E-state index is 12.3. The van der Waals surface area contributed by atoms with Crippen molar-refractivity contribution in [1.29, 1.82) is 0 Å². The first kappa shape index (κ1) is 18.6.